The molecular weight excluding hydrogens is 701 g/mol. The smallest absolute Gasteiger partial charge is 0.349 e. The van der Waals surface area contributed by atoms with Crippen molar-refractivity contribution in [3.05, 3.63) is 109 Å². The lowest BCUT2D eigenvalue weighted by Crippen LogP contribution is -2.42. The summed E-state index contributed by atoms with van der Waals surface area (Å²) in [6, 6.07) is 19.8. The van der Waals surface area contributed by atoms with E-state index in [-0.39, 0.29) is 24.0 Å². The van der Waals surface area contributed by atoms with E-state index in [2.05, 4.69) is 32.6 Å². The minimum absolute atomic E-state index is 0.0414. The number of pyridine rings is 1. The number of nitrogens with zero attached hydrogens (tertiary/aromatic N) is 4. The summed E-state index contributed by atoms with van der Waals surface area (Å²) in [5, 5.41) is 49.0. The molecule has 1 saturated carbocycles. The molecule has 6 aromatic rings. The quantitative estimate of drug-likeness (QED) is 0.0956. The monoisotopic (exact) mass is 742 g/mol. The van der Waals surface area contributed by atoms with Crippen LogP contribution in [-0.4, -0.2) is 78.4 Å². The van der Waals surface area contributed by atoms with E-state index in [4.69, 9.17) is 4.74 Å². The lowest BCUT2D eigenvalue weighted by molar-refractivity contribution is -0.169. The molecule has 1 aliphatic rings. The van der Waals surface area contributed by atoms with Gasteiger partial charge in [0.2, 0.25) is 11.2 Å². The van der Waals surface area contributed by atoms with Crippen molar-refractivity contribution in [2.24, 2.45) is 0 Å². The van der Waals surface area contributed by atoms with E-state index >= 15 is 0 Å². The average Bonchev–Trinajstić information content (AvgIpc) is 3.96. The van der Waals surface area contributed by atoms with Crippen LogP contribution in [0.15, 0.2) is 82.3 Å². The number of benzene rings is 2. The Labute approximate surface area is 308 Å². The molecule has 0 spiro atoms. The first-order chi connectivity index (χ1) is 25.2. The van der Waals surface area contributed by atoms with Crippen LogP contribution in [0.2, 0.25) is 0 Å². The van der Waals surface area contributed by atoms with Crippen molar-refractivity contribution in [2.45, 2.75) is 69.0 Å². The predicted molar refractivity (Wildman–Crippen MR) is 201 cm³/mol. The van der Waals surface area contributed by atoms with Crippen LogP contribution < -0.4 is 10.9 Å². The van der Waals surface area contributed by atoms with Crippen LogP contribution in [0.4, 0.5) is 0 Å². The molecule has 1 aliphatic carbocycles. The number of ether oxygens (including phenoxy) is 1. The van der Waals surface area contributed by atoms with Crippen molar-refractivity contribution < 1.29 is 24.9 Å². The number of aromatic hydroxyl groups is 1. The van der Waals surface area contributed by atoms with Gasteiger partial charge < -0.3 is 35.3 Å². The molecule has 0 amide bonds. The fraction of sp³-hybridized carbons (Fsp3) is 0.368. The van der Waals surface area contributed by atoms with E-state index in [1.807, 2.05) is 45.8 Å². The fourth-order valence-electron chi connectivity index (χ4n) is 7.09. The first-order valence-corrected chi connectivity index (χ1v) is 19.2. The molecule has 272 valence electrons. The molecule has 12 nitrogen and oxygen atoms in total. The van der Waals surface area contributed by atoms with Crippen molar-refractivity contribution >= 4 is 50.6 Å². The lowest BCUT2D eigenvalue weighted by atomic mass is 9.91. The van der Waals surface area contributed by atoms with Crippen LogP contribution in [-0.2, 0) is 28.2 Å². The van der Waals surface area contributed by atoms with E-state index in [1.54, 1.807) is 24.3 Å². The minimum atomic E-state index is -1.78. The van der Waals surface area contributed by atoms with Crippen LogP contribution in [0.5, 0.6) is 5.75 Å². The van der Waals surface area contributed by atoms with E-state index in [9.17, 15) is 24.9 Å². The molecule has 7 rings (SSSR count). The summed E-state index contributed by atoms with van der Waals surface area (Å²) >= 11 is 2.70. The van der Waals surface area contributed by atoms with Gasteiger partial charge in [0.25, 0.3) is 0 Å². The average molecular weight is 743 g/mol. The third-order valence-electron chi connectivity index (χ3n) is 9.98. The Morgan fingerprint density at radius 2 is 1.83 bits per heavy atom. The van der Waals surface area contributed by atoms with Crippen molar-refractivity contribution in [3.8, 4) is 5.75 Å². The number of nitrogens with one attached hydrogen (secondary N) is 2. The molecule has 4 heterocycles. The maximum absolute atomic E-state index is 13.4. The van der Waals surface area contributed by atoms with Gasteiger partial charge in [-0.2, -0.15) is 0 Å². The van der Waals surface area contributed by atoms with Gasteiger partial charge in [-0.25, -0.2) is 9.48 Å². The van der Waals surface area contributed by atoms with Crippen molar-refractivity contribution in [1.29, 1.82) is 0 Å². The van der Waals surface area contributed by atoms with Gasteiger partial charge in [0.15, 0.2) is 0 Å². The van der Waals surface area contributed by atoms with Gasteiger partial charge in [-0.05, 0) is 104 Å². The molecule has 0 bridgehead atoms. The second-order valence-electron chi connectivity index (χ2n) is 13.4. The maximum Gasteiger partial charge on any atom is 0.349 e. The SMILES string of the molecule is CN(CCCn1nnc2cc(CNC[C@H](O)c3ccc(O)c4[nH]c(=O)ccc34)ccc21)[C@H]1CC[C@H](OC(=O)C(O)(c2cccs2)c2cccs2)CC1. The van der Waals surface area contributed by atoms with E-state index in [0.717, 1.165) is 61.8 Å². The third kappa shape index (κ3) is 7.54. The Kier molecular flexibility index (Phi) is 10.8. The van der Waals surface area contributed by atoms with Crippen molar-refractivity contribution in [3.63, 3.8) is 0 Å². The number of phenols is 1. The highest BCUT2D eigenvalue weighted by Gasteiger charge is 2.45. The topological polar surface area (TPSA) is 166 Å². The number of fused-ring (bicyclic) bond motifs is 2. The van der Waals surface area contributed by atoms with Crippen molar-refractivity contribution in [2.75, 3.05) is 20.1 Å². The number of aryl methyl sites for hydroxylation is 1. The second-order valence-corrected chi connectivity index (χ2v) is 15.3. The summed E-state index contributed by atoms with van der Waals surface area (Å²) in [4.78, 5) is 31.2. The molecule has 0 radical (unpaired) electrons. The Bertz CT molecular complexity index is 2140. The highest BCUT2D eigenvalue weighted by molar-refractivity contribution is 7.12. The summed E-state index contributed by atoms with van der Waals surface area (Å²) in [6.07, 6.45) is 3.18. The zero-order valence-corrected chi connectivity index (χ0v) is 30.4. The Balaban J connectivity index is 0.861. The summed E-state index contributed by atoms with van der Waals surface area (Å²) < 4.78 is 7.87. The largest absolute Gasteiger partial charge is 0.506 e. The number of thiophene rings is 2. The second kappa shape index (κ2) is 15.7. The summed E-state index contributed by atoms with van der Waals surface area (Å²) in [7, 11) is 2.14. The molecule has 14 heteroatoms. The summed E-state index contributed by atoms with van der Waals surface area (Å²) in [5.41, 5.74) is 1.60. The number of rotatable bonds is 14. The number of carbonyl (C=O) groups excluding carboxylic acids is 1. The molecule has 2 aromatic carbocycles. The molecule has 0 unspecified atom stereocenters. The number of aromatic amines is 1. The minimum Gasteiger partial charge on any atom is -0.506 e. The highest BCUT2D eigenvalue weighted by atomic mass is 32.1. The normalized spacial score (nSPS) is 17.2. The first kappa shape index (κ1) is 35.9. The Morgan fingerprint density at radius 1 is 1.08 bits per heavy atom. The van der Waals surface area contributed by atoms with E-state index in [1.165, 1.54) is 34.8 Å². The molecule has 0 aliphatic heterocycles. The molecule has 1 fully saturated rings. The standard InChI is InChI=1S/C38H42N6O6S2/c1-43(25-8-10-26(11-9-25)50-37(48)38(49,33-5-2-19-51-33)34-6-3-20-52-34)17-4-18-44-30-14-7-24(21-29(30)41-42-44)22-39-23-32(46)27-12-15-31(45)36-28(27)13-16-35(47)40-36/h2-3,5-7,12-16,19-21,25-26,32,39,45-46,49H,4,8-11,17-18,22-23H2,1H3,(H,40,47)/t25-,26-,32-/m0/s1. The molecule has 5 N–H and O–H groups in total. The van der Waals surface area contributed by atoms with Crippen molar-refractivity contribution in [1.82, 2.24) is 30.2 Å². The number of hydrogen-bond donors (Lipinski definition) is 5. The van der Waals surface area contributed by atoms with Gasteiger partial charge in [0, 0.05) is 37.1 Å². The Morgan fingerprint density at radius 3 is 2.54 bits per heavy atom. The van der Waals surface area contributed by atoms with Gasteiger partial charge in [-0.3, -0.25) is 4.79 Å². The first-order valence-electron chi connectivity index (χ1n) is 17.5. The zero-order chi connectivity index (χ0) is 36.2. The summed E-state index contributed by atoms with van der Waals surface area (Å²) in [6.45, 7) is 2.42. The van der Waals surface area contributed by atoms with Gasteiger partial charge in [-0.15, -0.1) is 27.8 Å². The highest BCUT2D eigenvalue weighted by Crippen LogP contribution is 2.38. The van der Waals surface area contributed by atoms with Crippen LogP contribution in [0, 0.1) is 0 Å². The van der Waals surface area contributed by atoms with Gasteiger partial charge in [0.1, 0.15) is 17.4 Å². The number of aliphatic hydroxyl groups excluding tert-OH is 1. The van der Waals surface area contributed by atoms with Gasteiger partial charge in [0.05, 0.1) is 26.9 Å². The molecule has 52 heavy (non-hydrogen) atoms. The molecule has 0 saturated heterocycles. The number of phenolic OH excluding ortho intramolecular Hbond substituents is 1. The van der Waals surface area contributed by atoms with Gasteiger partial charge in [-0.1, -0.05) is 29.5 Å². The Hall–Kier alpha value is -4.44. The predicted octanol–water partition coefficient (Wildman–Crippen LogP) is 5.04. The van der Waals surface area contributed by atoms with Crippen LogP contribution in [0.25, 0.3) is 21.9 Å². The van der Waals surface area contributed by atoms with Crippen LogP contribution in [0.3, 0.4) is 0 Å². The number of hydrogen-bond acceptors (Lipinski definition) is 12. The van der Waals surface area contributed by atoms with E-state index < -0.39 is 17.7 Å². The van der Waals surface area contributed by atoms with Gasteiger partial charge >= 0.3 is 5.97 Å². The fourth-order valence-corrected chi connectivity index (χ4v) is 8.80. The molecular formula is C38H42N6O6S2. The number of carbonyl (C=O) groups is 1. The number of H-pyrrole nitrogens is 1. The van der Waals surface area contributed by atoms with Crippen LogP contribution in [0.1, 0.15) is 59.1 Å². The van der Waals surface area contributed by atoms with E-state index in [0.29, 0.717) is 38.8 Å². The number of esters is 1. The summed E-state index contributed by atoms with van der Waals surface area (Å²) in [5.74, 6) is -0.642. The molecule has 1 atom stereocenters. The number of aliphatic hydroxyl groups is 2. The number of aromatic nitrogens is 4. The lowest BCUT2D eigenvalue weighted by Gasteiger charge is -2.35. The molecule has 4 aromatic heterocycles. The zero-order valence-electron chi connectivity index (χ0n) is 28.8. The van der Waals surface area contributed by atoms with Crippen LogP contribution >= 0.6 is 22.7 Å². The third-order valence-corrected chi connectivity index (χ3v) is 11.9. The maximum atomic E-state index is 13.4.